The van der Waals surface area contributed by atoms with Gasteiger partial charge in [-0.1, -0.05) is 18.2 Å². The molecule has 4 nitrogen and oxygen atoms in total. The van der Waals surface area contributed by atoms with Gasteiger partial charge in [0.05, 0.1) is 0 Å². The molecular formula is C14H22ClN3O. The van der Waals surface area contributed by atoms with Crippen LogP contribution in [0, 0.1) is 0 Å². The number of nitrogens with one attached hydrogen (secondary N) is 2. The molecule has 1 aromatic rings. The third-order valence-corrected chi connectivity index (χ3v) is 3.32. The Balaban J connectivity index is 0.00000180. The van der Waals surface area contributed by atoms with E-state index in [4.69, 9.17) is 0 Å². The van der Waals surface area contributed by atoms with Crippen LogP contribution in [0.25, 0.3) is 0 Å². The Kier molecular flexibility index (Phi) is 6.84. The fourth-order valence-electron chi connectivity index (χ4n) is 2.21. The van der Waals surface area contributed by atoms with E-state index in [1.807, 2.05) is 30.3 Å². The minimum absolute atomic E-state index is 0. The highest BCUT2D eigenvalue weighted by Crippen LogP contribution is 2.07. The number of piperazine rings is 1. The smallest absolute Gasteiger partial charge is 0.225 e. The molecule has 0 saturated carbocycles. The monoisotopic (exact) mass is 283 g/mol. The number of anilines is 1. The predicted molar refractivity (Wildman–Crippen MR) is 80.8 cm³/mol. The molecule has 1 aliphatic rings. The van der Waals surface area contributed by atoms with Crippen molar-refractivity contribution in [2.24, 2.45) is 0 Å². The van der Waals surface area contributed by atoms with Gasteiger partial charge in [0.15, 0.2) is 0 Å². The van der Waals surface area contributed by atoms with E-state index >= 15 is 0 Å². The fraction of sp³-hybridized carbons (Fsp3) is 0.500. The first-order valence-electron chi connectivity index (χ1n) is 6.55. The molecule has 106 valence electrons. The molecule has 1 fully saturated rings. The first-order chi connectivity index (χ1) is 8.75. The Labute approximate surface area is 121 Å². The topological polar surface area (TPSA) is 44.4 Å². The highest BCUT2D eigenvalue weighted by atomic mass is 35.5. The molecule has 0 unspecified atom stereocenters. The van der Waals surface area contributed by atoms with Crippen molar-refractivity contribution >= 4 is 24.0 Å². The van der Waals surface area contributed by atoms with E-state index in [1.54, 1.807) is 0 Å². The molecule has 0 spiro atoms. The summed E-state index contributed by atoms with van der Waals surface area (Å²) in [4.78, 5) is 14.2. The minimum Gasteiger partial charge on any atom is -0.326 e. The molecule has 1 aliphatic heterocycles. The van der Waals surface area contributed by atoms with Gasteiger partial charge in [-0.05, 0) is 19.1 Å². The van der Waals surface area contributed by atoms with E-state index in [1.165, 1.54) is 0 Å². The van der Waals surface area contributed by atoms with E-state index in [2.05, 4.69) is 22.5 Å². The summed E-state index contributed by atoms with van der Waals surface area (Å²) >= 11 is 0. The van der Waals surface area contributed by atoms with Crippen molar-refractivity contribution in [3.05, 3.63) is 30.3 Å². The number of carbonyl (C=O) groups is 1. The number of amides is 1. The Bertz CT molecular complexity index is 386. The second-order valence-corrected chi connectivity index (χ2v) is 4.75. The van der Waals surface area contributed by atoms with Gasteiger partial charge >= 0.3 is 0 Å². The quantitative estimate of drug-likeness (QED) is 0.885. The van der Waals surface area contributed by atoms with Gasteiger partial charge in [-0.2, -0.15) is 0 Å². The summed E-state index contributed by atoms with van der Waals surface area (Å²) in [5.41, 5.74) is 0.871. The lowest BCUT2D eigenvalue weighted by Gasteiger charge is -2.33. The summed E-state index contributed by atoms with van der Waals surface area (Å²) in [7, 11) is 0. The number of halogens is 1. The molecule has 0 bridgehead atoms. The van der Waals surface area contributed by atoms with Gasteiger partial charge in [0.2, 0.25) is 5.91 Å². The average molecular weight is 284 g/mol. The molecule has 1 amide bonds. The predicted octanol–water partition coefficient (Wildman–Crippen LogP) is 1.73. The summed E-state index contributed by atoms with van der Waals surface area (Å²) in [5.74, 6) is 0.0898. The van der Waals surface area contributed by atoms with Gasteiger partial charge in [-0.15, -0.1) is 12.4 Å². The van der Waals surface area contributed by atoms with Crippen molar-refractivity contribution < 1.29 is 4.79 Å². The number of hydrogen-bond donors (Lipinski definition) is 2. The Morgan fingerprint density at radius 1 is 1.42 bits per heavy atom. The van der Waals surface area contributed by atoms with Crippen LogP contribution >= 0.6 is 12.4 Å². The van der Waals surface area contributed by atoms with Crippen LogP contribution in [0.15, 0.2) is 30.3 Å². The van der Waals surface area contributed by atoms with Crippen molar-refractivity contribution in [2.75, 3.05) is 31.5 Å². The van der Waals surface area contributed by atoms with Gasteiger partial charge in [0, 0.05) is 44.3 Å². The number of rotatable bonds is 4. The zero-order valence-corrected chi connectivity index (χ0v) is 12.1. The molecule has 1 heterocycles. The van der Waals surface area contributed by atoms with Crippen LogP contribution in [-0.4, -0.2) is 43.0 Å². The Morgan fingerprint density at radius 2 is 2.16 bits per heavy atom. The van der Waals surface area contributed by atoms with Crippen LogP contribution in [0.5, 0.6) is 0 Å². The molecule has 0 aliphatic carbocycles. The van der Waals surface area contributed by atoms with Crippen molar-refractivity contribution in [3.8, 4) is 0 Å². The van der Waals surface area contributed by atoms with Crippen molar-refractivity contribution in [3.63, 3.8) is 0 Å². The maximum absolute atomic E-state index is 11.8. The molecule has 0 aromatic heterocycles. The number of benzene rings is 1. The lowest BCUT2D eigenvalue weighted by Crippen LogP contribution is -2.50. The first-order valence-corrected chi connectivity index (χ1v) is 6.55. The van der Waals surface area contributed by atoms with Crippen LogP contribution in [0.3, 0.4) is 0 Å². The number of para-hydroxylation sites is 1. The molecule has 1 saturated heterocycles. The first kappa shape index (κ1) is 16.0. The summed E-state index contributed by atoms with van der Waals surface area (Å²) in [6, 6.07) is 10.1. The summed E-state index contributed by atoms with van der Waals surface area (Å²) < 4.78 is 0. The van der Waals surface area contributed by atoms with E-state index in [0.717, 1.165) is 31.9 Å². The van der Waals surface area contributed by atoms with E-state index in [9.17, 15) is 4.79 Å². The van der Waals surface area contributed by atoms with Crippen molar-refractivity contribution in [1.29, 1.82) is 0 Å². The Morgan fingerprint density at radius 3 is 2.84 bits per heavy atom. The molecule has 1 atom stereocenters. The van der Waals surface area contributed by atoms with Crippen LogP contribution in [0.1, 0.15) is 13.3 Å². The number of hydrogen-bond acceptors (Lipinski definition) is 3. The fourth-order valence-corrected chi connectivity index (χ4v) is 2.21. The molecule has 2 N–H and O–H groups in total. The lowest BCUT2D eigenvalue weighted by atomic mass is 10.2. The zero-order valence-electron chi connectivity index (χ0n) is 11.3. The largest absolute Gasteiger partial charge is 0.326 e. The average Bonchev–Trinajstić information content (AvgIpc) is 2.39. The molecule has 0 radical (unpaired) electrons. The minimum atomic E-state index is 0. The maximum Gasteiger partial charge on any atom is 0.225 e. The van der Waals surface area contributed by atoms with Crippen LogP contribution in [0.4, 0.5) is 5.69 Å². The highest BCUT2D eigenvalue weighted by molar-refractivity contribution is 5.90. The normalized spacial score (nSPS) is 19.5. The molecule has 19 heavy (non-hydrogen) atoms. The maximum atomic E-state index is 11.8. The molecular weight excluding hydrogens is 262 g/mol. The molecule has 5 heteroatoms. The second-order valence-electron chi connectivity index (χ2n) is 4.75. The van der Waals surface area contributed by atoms with Crippen LogP contribution < -0.4 is 10.6 Å². The summed E-state index contributed by atoms with van der Waals surface area (Å²) in [5, 5.41) is 6.26. The summed E-state index contributed by atoms with van der Waals surface area (Å²) in [6.45, 7) is 6.09. The third kappa shape index (κ3) is 5.19. The molecule has 1 aromatic carbocycles. The molecule has 2 rings (SSSR count). The van der Waals surface area contributed by atoms with Crippen molar-refractivity contribution in [1.82, 2.24) is 10.2 Å². The van der Waals surface area contributed by atoms with Gasteiger partial charge in [-0.25, -0.2) is 0 Å². The summed E-state index contributed by atoms with van der Waals surface area (Å²) in [6.07, 6.45) is 0.555. The van der Waals surface area contributed by atoms with E-state index < -0.39 is 0 Å². The number of nitrogens with zero attached hydrogens (tertiary/aromatic N) is 1. The Hall–Kier alpha value is -1.10. The standard InChI is InChI=1S/C14H21N3O.ClH/c1-12-11-15-8-10-17(12)9-7-14(18)16-13-5-3-2-4-6-13;/h2-6,12,15H,7-11H2,1H3,(H,16,18);1H/t12-;/m1./s1. The van der Waals surface area contributed by atoms with Crippen LogP contribution in [0.2, 0.25) is 0 Å². The second kappa shape index (κ2) is 8.15. The van der Waals surface area contributed by atoms with E-state index in [-0.39, 0.29) is 18.3 Å². The zero-order chi connectivity index (χ0) is 12.8. The highest BCUT2D eigenvalue weighted by Gasteiger charge is 2.18. The van der Waals surface area contributed by atoms with E-state index in [0.29, 0.717) is 12.5 Å². The third-order valence-electron chi connectivity index (χ3n) is 3.32. The SMILES string of the molecule is C[C@@H]1CNCCN1CCC(=O)Nc1ccccc1.Cl. The van der Waals surface area contributed by atoms with Gasteiger partial charge in [0.1, 0.15) is 0 Å². The van der Waals surface area contributed by atoms with Crippen LogP contribution in [-0.2, 0) is 4.79 Å². The van der Waals surface area contributed by atoms with Gasteiger partial charge in [0.25, 0.3) is 0 Å². The van der Waals surface area contributed by atoms with Gasteiger partial charge in [-0.3, -0.25) is 9.69 Å². The lowest BCUT2D eigenvalue weighted by molar-refractivity contribution is -0.116. The van der Waals surface area contributed by atoms with Crippen molar-refractivity contribution in [2.45, 2.75) is 19.4 Å². The number of carbonyl (C=O) groups excluding carboxylic acids is 1. The van der Waals surface area contributed by atoms with Gasteiger partial charge < -0.3 is 10.6 Å².